The van der Waals surface area contributed by atoms with Crippen LogP contribution in [-0.2, 0) is 19.1 Å². The molecule has 0 spiro atoms. The maximum Gasteiger partial charge on any atom is 0.408 e. The van der Waals surface area contributed by atoms with Gasteiger partial charge in [-0.15, -0.1) is 0 Å². The van der Waals surface area contributed by atoms with E-state index in [1.54, 1.807) is 45.0 Å². The number of primary amides is 1. The van der Waals surface area contributed by atoms with Gasteiger partial charge in [-0.25, -0.2) is 4.79 Å². The molecule has 2 unspecified atom stereocenters. The Morgan fingerprint density at radius 3 is 2.00 bits per heavy atom. The third kappa shape index (κ3) is 8.83. The predicted molar refractivity (Wildman–Crippen MR) is 157 cm³/mol. The first kappa shape index (κ1) is 32.3. The number of hydrogen-bond acceptors (Lipinski definition) is 5. The van der Waals surface area contributed by atoms with Crippen molar-refractivity contribution in [3.8, 4) is 0 Å². The number of benzene rings is 2. The molecule has 2 aromatic carbocycles. The van der Waals surface area contributed by atoms with Gasteiger partial charge < -0.3 is 26.0 Å². The SMILES string of the molecule is CCC(C)(C)N(C(=O)C(CCC(N)=O)NC(=O)OC(C)(C)C)C(C(=O)Nc1c(C)cccc1C)c1ccccc1. The van der Waals surface area contributed by atoms with Crippen LogP contribution in [0.3, 0.4) is 0 Å². The molecule has 2 rings (SSSR count). The number of para-hydroxylation sites is 1. The van der Waals surface area contributed by atoms with Gasteiger partial charge in [-0.1, -0.05) is 55.5 Å². The van der Waals surface area contributed by atoms with Crippen LogP contribution in [0, 0.1) is 13.8 Å². The quantitative estimate of drug-likeness (QED) is 0.354. The van der Waals surface area contributed by atoms with Crippen molar-refractivity contribution in [2.24, 2.45) is 5.73 Å². The van der Waals surface area contributed by atoms with Crippen LogP contribution in [0.5, 0.6) is 0 Å². The largest absolute Gasteiger partial charge is 0.444 e. The second kappa shape index (κ2) is 13.5. The summed E-state index contributed by atoms with van der Waals surface area (Å²) in [7, 11) is 0. The van der Waals surface area contributed by atoms with E-state index in [0.717, 1.165) is 11.1 Å². The smallest absolute Gasteiger partial charge is 0.408 e. The number of rotatable bonds is 11. The van der Waals surface area contributed by atoms with E-state index in [1.807, 2.05) is 58.9 Å². The lowest BCUT2D eigenvalue weighted by molar-refractivity contribution is -0.148. The van der Waals surface area contributed by atoms with Gasteiger partial charge in [-0.3, -0.25) is 14.4 Å². The first-order valence-corrected chi connectivity index (χ1v) is 13.6. The highest BCUT2D eigenvalue weighted by molar-refractivity contribution is 6.00. The third-order valence-electron chi connectivity index (χ3n) is 6.77. The van der Waals surface area contributed by atoms with Gasteiger partial charge in [0.05, 0.1) is 0 Å². The molecule has 2 aromatic rings. The summed E-state index contributed by atoms with van der Waals surface area (Å²) in [5.41, 5.74) is 6.83. The summed E-state index contributed by atoms with van der Waals surface area (Å²) in [6.07, 6.45) is -0.491. The molecule has 0 aliphatic carbocycles. The average molecular weight is 553 g/mol. The van der Waals surface area contributed by atoms with Crippen molar-refractivity contribution in [2.75, 3.05) is 5.32 Å². The number of nitrogens with one attached hydrogen (secondary N) is 2. The summed E-state index contributed by atoms with van der Waals surface area (Å²) in [4.78, 5) is 54.5. The average Bonchev–Trinajstić information content (AvgIpc) is 2.86. The van der Waals surface area contributed by atoms with Gasteiger partial charge in [0.15, 0.2) is 0 Å². The second-order valence-corrected chi connectivity index (χ2v) is 11.6. The first-order chi connectivity index (χ1) is 18.6. The lowest BCUT2D eigenvalue weighted by atomic mass is 9.91. The molecule has 4 N–H and O–H groups in total. The number of alkyl carbamates (subject to hydrolysis) is 1. The van der Waals surface area contributed by atoms with Gasteiger partial charge in [-0.2, -0.15) is 0 Å². The third-order valence-corrected chi connectivity index (χ3v) is 6.77. The van der Waals surface area contributed by atoms with E-state index in [9.17, 15) is 19.2 Å². The number of nitrogens with two attached hydrogens (primary N) is 1. The van der Waals surface area contributed by atoms with Crippen molar-refractivity contribution in [3.05, 3.63) is 65.2 Å². The van der Waals surface area contributed by atoms with E-state index in [-0.39, 0.29) is 12.8 Å². The fraction of sp³-hybridized carbons (Fsp3) is 0.484. The standard InChI is InChI=1S/C31H44N4O5/c1-9-31(7,8)35(28(38)23(18-19-24(32)36)33-29(39)40-30(4,5)6)26(22-16-11-10-12-17-22)27(37)34-25-20(2)14-13-15-21(25)3/h10-17,23,26H,9,18-19H2,1-8H3,(H2,32,36)(H,33,39)(H,34,37). The Kier molecular flexibility index (Phi) is 10.9. The fourth-order valence-electron chi connectivity index (χ4n) is 4.36. The van der Waals surface area contributed by atoms with Crippen molar-refractivity contribution >= 4 is 29.5 Å². The summed E-state index contributed by atoms with van der Waals surface area (Å²) in [6.45, 7) is 14.6. The number of hydrogen-bond donors (Lipinski definition) is 3. The summed E-state index contributed by atoms with van der Waals surface area (Å²) < 4.78 is 5.40. The Morgan fingerprint density at radius 2 is 1.50 bits per heavy atom. The highest BCUT2D eigenvalue weighted by Gasteiger charge is 2.43. The first-order valence-electron chi connectivity index (χ1n) is 13.6. The minimum Gasteiger partial charge on any atom is -0.444 e. The van der Waals surface area contributed by atoms with Crippen LogP contribution in [0.2, 0.25) is 0 Å². The predicted octanol–water partition coefficient (Wildman–Crippen LogP) is 5.16. The monoisotopic (exact) mass is 552 g/mol. The molecule has 0 radical (unpaired) electrons. The normalized spacial score (nSPS) is 13.1. The molecule has 9 heteroatoms. The fourth-order valence-corrected chi connectivity index (χ4v) is 4.36. The number of anilines is 1. The number of carbonyl (C=O) groups excluding carboxylic acids is 4. The van der Waals surface area contributed by atoms with Crippen LogP contribution < -0.4 is 16.4 Å². The van der Waals surface area contributed by atoms with Gasteiger partial charge in [0.1, 0.15) is 17.7 Å². The zero-order valence-corrected chi connectivity index (χ0v) is 25.0. The number of nitrogens with zero attached hydrogens (tertiary/aromatic N) is 1. The topological polar surface area (TPSA) is 131 Å². The lowest BCUT2D eigenvalue weighted by Crippen LogP contribution is -2.59. The van der Waals surface area contributed by atoms with Gasteiger partial charge >= 0.3 is 6.09 Å². The van der Waals surface area contributed by atoms with E-state index in [4.69, 9.17) is 10.5 Å². The van der Waals surface area contributed by atoms with E-state index >= 15 is 0 Å². The molecule has 218 valence electrons. The maximum absolute atomic E-state index is 14.4. The van der Waals surface area contributed by atoms with E-state index in [1.165, 1.54) is 4.90 Å². The molecule has 0 fully saturated rings. The summed E-state index contributed by atoms with van der Waals surface area (Å²) in [5, 5.41) is 5.68. The Hall–Kier alpha value is -3.88. The highest BCUT2D eigenvalue weighted by atomic mass is 16.6. The van der Waals surface area contributed by atoms with Crippen molar-refractivity contribution in [1.82, 2.24) is 10.2 Å². The van der Waals surface area contributed by atoms with Crippen LogP contribution in [0.4, 0.5) is 10.5 Å². The minimum atomic E-state index is -1.16. The highest BCUT2D eigenvalue weighted by Crippen LogP contribution is 2.34. The van der Waals surface area contributed by atoms with Crippen LogP contribution in [0.25, 0.3) is 0 Å². The lowest BCUT2D eigenvalue weighted by Gasteiger charge is -2.44. The van der Waals surface area contributed by atoms with Crippen LogP contribution >= 0.6 is 0 Å². The van der Waals surface area contributed by atoms with Gasteiger partial charge in [0.25, 0.3) is 5.91 Å². The summed E-state index contributed by atoms with van der Waals surface area (Å²) in [5.74, 6) is -1.54. The molecular weight excluding hydrogens is 508 g/mol. The van der Waals surface area contributed by atoms with Gasteiger partial charge in [0, 0.05) is 17.6 Å². The second-order valence-electron chi connectivity index (χ2n) is 11.6. The van der Waals surface area contributed by atoms with Gasteiger partial charge in [0.2, 0.25) is 11.8 Å². The Morgan fingerprint density at radius 1 is 0.925 bits per heavy atom. The van der Waals surface area contributed by atoms with Crippen molar-refractivity contribution in [1.29, 1.82) is 0 Å². The van der Waals surface area contributed by atoms with Crippen molar-refractivity contribution in [2.45, 2.75) is 97.9 Å². The molecule has 0 aromatic heterocycles. The molecule has 0 aliphatic heterocycles. The Labute approximate surface area is 237 Å². The van der Waals surface area contributed by atoms with E-state index in [2.05, 4.69) is 10.6 Å². The van der Waals surface area contributed by atoms with Crippen LogP contribution in [-0.4, -0.2) is 45.9 Å². The molecule has 40 heavy (non-hydrogen) atoms. The van der Waals surface area contributed by atoms with Crippen molar-refractivity contribution in [3.63, 3.8) is 0 Å². The zero-order chi connectivity index (χ0) is 30.3. The molecule has 0 saturated carbocycles. The number of aryl methyl sites for hydroxylation is 2. The summed E-state index contributed by atoms with van der Waals surface area (Å²) in [6, 6.07) is 12.6. The van der Waals surface area contributed by atoms with E-state index in [0.29, 0.717) is 17.7 Å². The van der Waals surface area contributed by atoms with Crippen LogP contribution in [0.1, 0.15) is 83.5 Å². The molecule has 4 amide bonds. The Balaban J connectivity index is 2.64. The molecule has 0 saturated heterocycles. The Bertz CT molecular complexity index is 1180. The zero-order valence-electron chi connectivity index (χ0n) is 25.0. The maximum atomic E-state index is 14.4. The molecule has 0 heterocycles. The molecule has 2 atom stereocenters. The molecule has 0 bridgehead atoms. The number of carbonyl (C=O) groups is 4. The summed E-state index contributed by atoms with van der Waals surface area (Å²) >= 11 is 0. The number of amides is 4. The van der Waals surface area contributed by atoms with E-state index < -0.39 is 47.0 Å². The molecular formula is C31H44N4O5. The van der Waals surface area contributed by atoms with Crippen LogP contribution in [0.15, 0.2) is 48.5 Å². The number of ether oxygens (including phenoxy) is 1. The van der Waals surface area contributed by atoms with Gasteiger partial charge in [-0.05, 0) is 78.0 Å². The minimum absolute atomic E-state index is 0.0519. The van der Waals surface area contributed by atoms with Crippen molar-refractivity contribution < 1.29 is 23.9 Å². The molecule has 0 aliphatic rings. The molecule has 9 nitrogen and oxygen atoms in total.